The quantitative estimate of drug-likeness (QED) is 0.669. The highest BCUT2D eigenvalue weighted by molar-refractivity contribution is 5.85. The molecule has 0 spiro atoms. The average Bonchev–Trinajstić information content (AvgIpc) is 2.37. The van der Waals surface area contributed by atoms with Gasteiger partial charge in [-0.25, -0.2) is 0 Å². The van der Waals surface area contributed by atoms with Crippen LogP contribution in [0.1, 0.15) is 26.7 Å². The van der Waals surface area contributed by atoms with Gasteiger partial charge in [0.15, 0.2) is 0 Å². The maximum Gasteiger partial charge on any atom is 0.242 e. The Kier molecular flexibility index (Phi) is 6.93. The summed E-state index contributed by atoms with van der Waals surface area (Å²) >= 11 is 0. The summed E-state index contributed by atoms with van der Waals surface area (Å²) in [5.74, 6) is -0.227. The minimum atomic E-state index is -1.01. The fraction of sp³-hybridized carbons (Fsp3) is 0.750. The van der Waals surface area contributed by atoms with E-state index in [4.69, 9.17) is 15.3 Å². The predicted molar refractivity (Wildman–Crippen MR) is 62.7 cm³/mol. The first kappa shape index (κ1) is 15.4. The molecule has 5 heteroatoms. The zero-order valence-electron chi connectivity index (χ0n) is 10.7. The minimum Gasteiger partial charge on any atom is -0.383 e. The lowest BCUT2D eigenvalue weighted by Crippen LogP contribution is -2.43. The first-order valence-electron chi connectivity index (χ1n) is 5.62. The van der Waals surface area contributed by atoms with Crippen molar-refractivity contribution in [2.75, 3.05) is 26.8 Å². The molecule has 17 heavy (non-hydrogen) atoms. The molecule has 0 aromatic carbocycles. The van der Waals surface area contributed by atoms with E-state index in [9.17, 15) is 4.79 Å². The SMILES string of the molecule is CCC(C)(C#N)C(=O)N(CCC#N)CCOC. The molecule has 0 saturated heterocycles. The van der Waals surface area contributed by atoms with Crippen LogP contribution in [0.25, 0.3) is 0 Å². The molecule has 0 aliphatic rings. The van der Waals surface area contributed by atoms with Gasteiger partial charge in [-0.05, 0) is 13.3 Å². The Morgan fingerprint density at radius 3 is 2.47 bits per heavy atom. The van der Waals surface area contributed by atoms with E-state index in [1.807, 2.05) is 12.1 Å². The molecule has 1 unspecified atom stereocenters. The number of methoxy groups -OCH3 is 1. The van der Waals surface area contributed by atoms with E-state index in [0.717, 1.165) is 0 Å². The van der Waals surface area contributed by atoms with Gasteiger partial charge in [-0.15, -0.1) is 0 Å². The van der Waals surface area contributed by atoms with Crippen molar-refractivity contribution >= 4 is 5.91 Å². The summed E-state index contributed by atoms with van der Waals surface area (Å²) in [6, 6.07) is 4.05. The van der Waals surface area contributed by atoms with Crippen LogP contribution in [-0.2, 0) is 9.53 Å². The van der Waals surface area contributed by atoms with Gasteiger partial charge >= 0.3 is 0 Å². The van der Waals surface area contributed by atoms with Gasteiger partial charge in [0.25, 0.3) is 0 Å². The van der Waals surface area contributed by atoms with Crippen molar-refractivity contribution in [1.82, 2.24) is 4.90 Å². The first-order chi connectivity index (χ1) is 8.05. The number of hydrogen-bond donors (Lipinski definition) is 0. The lowest BCUT2D eigenvalue weighted by molar-refractivity contribution is -0.139. The van der Waals surface area contributed by atoms with Crippen LogP contribution in [0.2, 0.25) is 0 Å². The largest absolute Gasteiger partial charge is 0.383 e. The lowest BCUT2D eigenvalue weighted by atomic mass is 9.87. The Balaban J connectivity index is 4.73. The van der Waals surface area contributed by atoms with E-state index < -0.39 is 5.41 Å². The summed E-state index contributed by atoms with van der Waals surface area (Å²) in [5.41, 5.74) is -1.01. The molecule has 94 valence electrons. The normalized spacial score (nSPS) is 13.2. The van der Waals surface area contributed by atoms with Crippen molar-refractivity contribution < 1.29 is 9.53 Å². The molecular weight excluding hydrogens is 218 g/mol. The number of rotatable bonds is 7. The fourth-order valence-electron chi connectivity index (χ4n) is 1.33. The van der Waals surface area contributed by atoms with Gasteiger partial charge in [0.05, 0.1) is 25.2 Å². The molecule has 0 aromatic heterocycles. The van der Waals surface area contributed by atoms with Crippen LogP contribution >= 0.6 is 0 Å². The molecule has 0 saturated carbocycles. The van der Waals surface area contributed by atoms with Crippen LogP contribution < -0.4 is 0 Å². The molecule has 0 rings (SSSR count). The zero-order chi connectivity index (χ0) is 13.3. The third kappa shape index (κ3) is 4.42. The molecule has 1 atom stereocenters. The third-order valence-electron chi connectivity index (χ3n) is 2.77. The van der Waals surface area contributed by atoms with E-state index in [0.29, 0.717) is 26.1 Å². The van der Waals surface area contributed by atoms with Crippen molar-refractivity contribution in [3.8, 4) is 12.1 Å². The highest BCUT2D eigenvalue weighted by atomic mass is 16.5. The maximum absolute atomic E-state index is 12.2. The summed E-state index contributed by atoms with van der Waals surface area (Å²) < 4.78 is 4.92. The second-order valence-corrected chi connectivity index (χ2v) is 3.99. The monoisotopic (exact) mass is 237 g/mol. The first-order valence-corrected chi connectivity index (χ1v) is 5.62. The average molecular weight is 237 g/mol. The molecule has 0 heterocycles. The number of hydrogen-bond acceptors (Lipinski definition) is 4. The maximum atomic E-state index is 12.2. The van der Waals surface area contributed by atoms with E-state index in [1.54, 1.807) is 21.0 Å². The van der Waals surface area contributed by atoms with Gasteiger partial charge < -0.3 is 9.64 Å². The third-order valence-corrected chi connectivity index (χ3v) is 2.77. The van der Waals surface area contributed by atoms with E-state index in [2.05, 4.69) is 0 Å². The van der Waals surface area contributed by atoms with Crippen molar-refractivity contribution in [2.45, 2.75) is 26.7 Å². The minimum absolute atomic E-state index is 0.227. The molecule has 0 fully saturated rings. The highest BCUT2D eigenvalue weighted by Crippen LogP contribution is 2.23. The van der Waals surface area contributed by atoms with E-state index in [-0.39, 0.29) is 12.3 Å². The Labute approximate surface area is 103 Å². The van der Waals surface area contributed by atoms with Crippen LogP contribution in [0.5, 0.6) is 0 Å². The molecular formula is C12H19N3O2. The van der Waals surface area contributed by atoms with Crippen LogP contribution in [0.15, 0.2) is 0 Å². The summed E-state index contributed by atoms with van der Waals surface area (Å²) in [6.45, 7) is 4.59. The molecule has 0 radical (unpaired) electrons. The Hall–Kier alpha value is -1.59. The summed E-state index contributed by atoms with van der Waals surface area (Å²) in [6.07, 6.45) is 0.721. The number of nitrogens with zero attached hydrogens (tertiary/aromatic N) is 3. The fourth-order valence-corrected chi connectivity index (χ4v) is 1.33. The van der Waals surface area contributed by atoms with Crippen molar-refractivity contribution in [3.63, 3.8) is 0 Å². The van der Waals surface area contributed by atoms with Crippen molar-refractivity contribution in [1.29, 1.82) is 10.5 Å². The van der Waals surface area contributed by atoms with E-state index >= 15 is 0 Å². The zero-order valence-corrected chi connectivity index (χ0v) is 10.7. The molecule has 0 aliphatic heterocycles. The van der Waals surface area contributed by atoms with Gasteiger partial charge in [-0.3, -0.25) is 4.79 Å². The number of amides is 1. The second-order valence-electron chi connectivity index (χ2n) is 3.99. The van der Waals surface area contributed by atoms with Crippen LogP contribution in [-0.4, -0.2) is 37.6 Å². The molecule has 0 aromatic rings. The summed E-state index contributed by atoms with van der Waals surface area (Å²) in [7, 11) is 1.55. The Bertz CT molecular complexity index is 330. The Morgan fingerprint density at radius 1 is 1.41 bits per heavy atom. The second kappa shape index (κ2) is 7.65. The number of carbonyl (C=O) groups excluding carboxylic acids is 1. The Morgan fingerprint density at radius 2 is 2.06 bits per heavy atom. The summed E-state index contributed by atoms with van der Waals surface area (Å²) in [4.78, 5) is 13.7. The van der Waals surface area contributed by atoms with Crippen LogP contribution in [0.3, 0.4) is 0 Å². The van der Waals surface area contributed by atoms with E-state index in [1.165, 1.54) is 4.90 Å². The molecule has 0 aliphatic carbocycles. The van der Waals surface area contributed by atoms with Crippen molar-refractivity contribution in [2.24, 2.45) is 5.41 Å². The molecule has 5 nitrogen and oxygen atoms in total. The number of carbonyl (C=O) groups is 1. The van der Waals surface area contributed by atoms with Gasteiger partial charge in [0, 0.05) is 20.2 Å². The van der Waals surface area contributed by atoms with Gasteiger partial charge in [-0.2, -0.15) is 10.5 Å². The molecule has 0 bridgehead atoms. The molecule has 1 amide bonds. The van der Waals surface area contributed by atoms with Crippen molar-refractivity contribution in [3.05, 3.63) is 0 Å². The van der Waals surface area contributed by atoms with Gasteiger partial charge in [0.1, 0.15) is 5.41 Å². The number of ether oxygens (including phenoxy) is 1. The standard InChI is InChI=1S/C12H19N3O2/c1-4-12(2,10-14)11(16)15(7-5-6-13)8-9-17-3/h4-5,7-9H2,1-3H3. The van der Waals surface area contributed by atoms with Gasteiger partial charge in [-0.1, -0.05) is 6.92 Å². The number of nitriles is 2. The van der Waals surface area contributed by atoms with Crippen LogP contribution in [0, 0.1) is 28.1 Å². The smallest absolute Gasteiger partial charge is 0.242 e. The van der Waals surface area contributed by atoms with Gasteiger partial charge in [0.2, 0.25) is 5.91 Å². The molecule has 0 N–H and O–H groups in total. The topological polar surface area (TPSA) is 77.1 Å². The lowest BCUT2D eigenvalue weighted by Gasteiger charge is -2.28. The van der Waals surface area contributed by atoms with Crippen LogP contribution in [0.4, 0.5) is 0 Å². The predicted octanol–water partition coefficient (Wildman–Crippen LogP) is 1.31. The highest BCUT2D eigenvalue weighted by Gasteiger charge is 2.34. The summed E-state index contributed by atoms with van der Waals surface area (Å²) in [5, 5.41) is 17.6.